The fourth-order valence-electron chi connectivity index (χ4n) is 0.867. The minimum Gasteiger partial charge on any atom is -0.326 e. The predicted molar refractivity (Wildman–Crippen MR) is 41.1 cm³/mol. The lowest BCUT2D eigenvalue weighted by Gasteiger charge is -1.98. The lowest BCUT2D eigenvalue weighted by atomic mass is 10.1. The number of hydrogen-bond donors (Lipinski definition) is 1. The van der Waals surface area contributed by atoms with E-state index in [1.54, 1.807) is 0 Å². The molecule has 0 aliphatic heterocycles. The van der Waals surface area contributed by atoms with E-state index in [0.29, 0.717) is 13.1 Å². The van der Waals surface area contributed by atoms with Crippen LogP contribution in [-0.2, 0) is 13.1 Å². The Morgan fingerprint density at radius 3 is 2.60 bits per heavy atom. The van der Waals surface area contributed by atoms with Crippen molar-refractivity contribution in [3.63, 3.8) is 0 Å². The molecule has 0 heterocycles. The molecule has 1 aromatic rings. The van der Waals surface area contributed by atoms with E-state index in [2.05, 4.69) is 0 Å². The Morgan fingerprint density at radius 2 is 2.00 bits per heavy atom. The normalized spacial score (nSPS) is 9.80. The van der Waals surface area contributed by atoms with Crippen LogP contribution in [0, 0.1) is 0 Å². The third-order valence-electron chi connectivity index (χ3n) is 1.43. The van der Waals surface area contributed by atoms with E-state index in [4.69, 9.17) is 11.5 Å². The van der Waals surface area contributed by atoms with E-state index >= 15 is 0 Å². The van der Waals surface area contributed by atoms with Gasteiger partial charge in [-0.3, -0.25) is 5.73 Å². The SMILES string of the molecule is [NH]Cc1cccc(CN)c1. The number of nitrogens with one attached hydrogen (secondary N) is 1. The van der Waals surface area contributed by atoms with Gasteiger partial charge in [0.25, 0.3) is 0 Å². The van der Waals surface area contributed by atoms with Gasteiger partial charge in [0, 0.05) is 13.1 Å². The average Bonchev–Trinajstić information content (AvgIpc) is 2.05. The molecule has 0 atom stereocenters. The fourth-order valence-corrected chi connectivity index (χ4v) is 0.867. The molecule has 1 radical (unpaired) electrons. The van der Waals surface area contributed by atoms with Crippen LogP contribution < -0.4 is 11.5 Å². The highest BCUT2D eigenvalue weighted by molar-refractivity contribution is 5.22. The molecular formula is C8H11N2. The molecule has 0 aliphatic rings. The molecule has 0 bridgehead atoms. The van der Waals surface area contributed by atoms with Gasteiger partial charge in [0.15, 0.2) is 0 Å². The molecule has 2 heteroatoms. The van der Waals surface area contributed by atoms with E-state index < -0.39 is 0 Å². The van der Waals surface area contributed by atoms with Gasteiger partial charge < -0.3 is 5.73 Å². The Hall–Kier alpha value is -0.860. The van der Waals surface area contributed by atoms with E-state index in [-0.39, 0.29) is 0 Å². The second kappa shape index (κ2) is 3.34. The molecule has 0 aromatic heterocycles. The summed E-state index contributed by atoms with van der Waals surface area (Å²) in [5.41, 5.74) is 14.6. The van der Waals surface area contributed by atoms with Gasteiger partial charge in [-0.15, -0.1) is 0 Å². The van der Waals surface area contributed by atoms with Crippen LogP contribution in [0.5, 0.6) is 0 Å². The molecular weight excluding hydrogens is 124 g/mol. The first-order valence-corrected chi connectivity index (χ1v) is 3.29. The van der Waals surface area contributed by atoms with Crippen molar-refractivity contribution in [2.45, 2.75) is 13.1 Å². The van der Waals surface area contributed by atoms with Crippen molar-refractivity contribution in [2.24, 2.45) is 5.73 Å². The fraction of sp³-hybridized carbons (Fsp3) is 0.250. The molecule has 2 nitrogen and oxygen atoms in total. The summed E-state index contributed by atoms with van der Waals surface area (Å²) < 4.78 is 0. The minimum atomic E-state index is 0.341. The first-order valence-electron chi connectivity index (χ1n) is 3.29. The van der Waals surface area contributed by atoms with Crippen molar-refractivity contribution in [1.29, 1.82) is 0 Å². The predicted octanol–water partition coefficient (Wildman–Crippen LogP) is 0.928. The Labute approximate surface area is 60.8 Å². The standard InChI is InChI=1S/C8H11N2/c9-5-7-2-1-3-8(4-7)6-10/h1-4,9H,5-6,10H2. The Morgan fingerprint density at radius 1 is 1.30 bits per heavy atom. The average molecular weight is 135 g/mol. The lowest BCUT2D eigenvalue weighted by molar-refractivity contribution is 1.00. The summed E-state index contributed by atoms with van der Waals surface area (Å²) >= 11 is 0. The molecule has 1 rings (SSSR count). The first kappa shape index (κ1) is 7.25. The van der Waals surface area contributed by atoms with Crippen LogP contribution in [0.2, 0.25) is 0 Å². The van der Waals surface area contributed by atoms with Crippen LogP contribution in [0.15, 0.2) is 24.3 Å². The maximum Gasteiger partial charge on any atom is 0.0351 e. The van der Waals surface area contributed by atoms with Crippen LogP contribution >= 0.6 is 0 Å². The smallest absolute Gasteiger partial charge is 0.0351 e. The Bertz CT molecular complexity index is 189. The molecule has 1 aromatic carbocycles. The van der Waals surface area contributed by atoms with Crippen molar-refractivity contribution in [1.82, 2.24) is 5.73 Å². The quantitative estimate of drug-likeness (QED) is 0.644. The topological polar surface area (TPSA) is 49.8 Å². The molecule has 0 saturated heterocycles. The van der Waals surface area contributed by atoms with Crippen molar-refractivity contribution < 1.29 is 0 Å². The second-order valence-electron chi connectivity index (χ2n) is 2.20. The first-order chi connectivity index (χ1) is 4.86. The van der Waals surface area contributed by atoms with E-state index in [9.17, 15) is 0 Å². The summed E-state index contributed by atoms with van der Waals surface area (Å²) in [6, 6.07) is 7.81. The van der Waals surface area contributed by atoms with Crippen LogP contribution in [0.25, 0.3) is 0 Å². The largest absolute Gasteiger partial charge is 0.326 e. The van der Waals surface area contributed by atoms with Gasteiger partial charge in [0.1, 0.15) is 0 Å². The number of benzene rings is 1. The lowest BCUT2D eigenvalue weighted by Crippen LogP contribution is -1.96. The van der Waals surface area contributed by atoms with Crippen molar-refractivity contribution in [3.05, 3.63) is 35.4 Å². The summed E-state index contributed by atoms with van der Waals surface area (Å²) in [7, 11) is 0. The van der Waals surface area contributed by atoms with Gasteiger partial charge in [-0.1, -0.05) is 24.3 Å². The molecule has 0 aliphatic carbocycles. The third-order valence-corrected chi connectivity index (χ3v) is 1.43. The zero-order chi connectivity index (χ0) is 7.40. The molecule has 0 spiro atoms. The summed E-state index contributed by atoms with van der Waals surface area (Å²) in [5, 5.41) is 0. The van der Waals surface area contributed by atoms with Crippen molar-refractivity contribution >= 4 is 0 Å². The molecule has 10 heavy (non-hydrogen) atoms. The molecule has 0 fully saturated rings. The van der Waals surface area contributed by atoms with E-state index in [1.165, 1.54) is 0 Å². The Kier molecular flexibility index (Phi) is 2.42. The highest BCUT2D eigenvalue weighted by Gasteiger charge is 1.90. The molecule has 53 valence electrons. The van der Waals surface area contributed by atoms with Crippen LogP contribution in [0.1, 0.15) is 11.1 Å². The van der Waals surface area contributed by atoms with Gasteiger partial charge in [-0.05, 0) is 11.1 Å². The minimum absolute atomic E-state index is 0.341. The third kappa shape index (κ3) is 1.56. The van der Waals surface area contributed by atoms with Gasteiger partial charge in [-0.25, -0.2) is 0 Å². The molecule has 0 saturated carbocycles. The monoisotopic (exact) mass is 135 g/mol. The van der Waals surface area contributed by atoms with Gasteiger partial charge in [0.05, 0.1) is 0 Å². The van der Waals surface area contributed by atoms with Crippen LogP contribution in [0.3, 0.4) is 0 Å². The zero-order valence-corrected chi connectivity index (χ0v) is 5.80. The summed E-state index contributed by atoms with van der Waals surface area (Å²) in [6.07, 6.45) is 0. The van der Waals surface area contributed by atoms with Gasteiger partial charge >= 0.3 is 0 Å². The summed E-state index contributed by atoms with van der Waals surface area (Å²) in [6.45, 7) is 0.904. The summed E-state index contributed by atoms with van der Waals surface area (Å²) in [5.74, 6) is 0. The maximum absolute atomic E-state index is 7.07. The highest BCUT2D eigenvalue weighted by atomic mass is 14.5. The van der Waals surface area contributed by atoms with Crippen LogP contribution in [0.4, 0.5) is 0 Å². The molecule has 0 amide bonds. The van der Waals surface area contributed by atoms with Gasteiger partial charge in [0.2, 0.25) is 0 Å². The van der Waals surface area contributed by atoms with Crippen molar-refractivity contribution in [2.75, 3.05) is 0 Å². The number of nitrogens with two attached hydrogens (primary N) is 1. The second-order valence-corrected chi connectivity index (χ2v) is 2.20. The number of hydrogen-bond acceptors (Lipinski definition) is 1. The van der Waals surface area contributed by atoms with Crippen molar-refractivity contribution in [3.8, 4) is 0 Å². The molecule has 0 unspecified atom stereocenters. The van der Waals surface area contributed by atoms with Crippen LogP contribution in [-0.4, -0.2) is 0 Å². The van der Waals surface area contributed by atoms with E-state index in [0.717, 1.165) is 11.1 Å². The molecule has 3 N–H and O–H groups in total. The van der Waals surface area contributed by atoms with Gasteiger partial charge in [-0.2, -0.15) is 0 Å². The highest BCUT2D eigenvalue weighted by Crippen LogP contribution is 2.03. The maximum atomic E-state index is 7.07. The Balaban J connectivity index is 2.87. The van der Waals surface area contributed by atoms with E-state index in [1.807, 2.05) is 24.3 Å². The summed E-state index contributed by atoms with van der Waals surface area (Å²) in [4.78, 5) is 0. The zero-order valence-electron chi connectivity index (χ0n) is 5.80. The number of rotatable bonds is 2.